The van der Waals surface area contributed by atoms with E-state index in [1.807, 2.05) is 6.92 Å². The van der Waals surface area contributed by atoms with Gasteiger partial charge in [-0.25, -0.2) is 13.6 Å². The lowest BCUT2D eigenvalue weighted by Crippen LogP contribution is -2.40. The molecule has 3 heterocycles. The van der Waals surface area contributed by atoms with Crippen molar-refractivity contribution in [2.75, 3.05) is 25.5 Å². The lowest BCUT2D eigenvalue weighted by Gasteiger charge is -2.28. The molecule has 2 atom stereocenters. The molecule has 4 rings (SSSR count). The third kappa shape index (κ3) is 4.04. The Bertz CT molecular complexity index is 1080. The number of aliphatic hydroxyl groups is 1. The van der Waals surface area contributed by atoms with Gasteiger partial charge in [0.2, 0.25) is 0 Å². The molecule has 0 saturated carbocycles. The van der Waals surface area contributed by atoms with Crippen molar-refractivity contribution in [3.63, 3.8) is 0 Å². The number of carbonyl (C=O) groups excluding carboxylic acids is 2. The first kappa shape index (κ1) is 22.5. The van der Waals surface area contributed by atoms with E-state index in [-0.39, 0.29) is 29.1 Å². The van der Waals surface area contributed by atoms with E-state index < -0.39 is 23.8 Å². The molecule has 1 aromatic carbocycles. The van der Waals surface area contributed by atoms with Crippen molar-refractivity contribution in [1.29, 1.82) is 0 Å². The minimum atomic E-state index is -0.935. The number of urea groups is 1. The van der Waals surface area contributed by atoms with Crippen LogP contribution in [0.5, 0.6) is 0 Å². The predicted octanol–water partition coefficient (Wildman–Crippen LogP) is 2.88. The summed E-state index contributed by atoms with van der Waals surface area (Å²) in [5, 5.41) is 17.1. The number of nitrogens with zero attached hydrogens (tertiary/aromatic N) is 4. The summed E-state index contributed by atoms with van der Waals surface area (Å²) in [6.07, 6.45) is 0.436. The van der Waals surface area contributed by atoms with Crippen LogP contribution in [0.25, 0.3) is 0 Å². The van der Waals surface area contributed by atoms with Crippen LogP contribution in [-0.2, 0) is 19.5 Å². The van der Waals surface area contributed by atoms with Gasteiger partial charge in [-0.15, -0.1) is 0 Å². The second kappa shape index (κ2) is 8.67. The summed E-state index contributed by atoms with van der Waals surface area (Å²) in [6.45, 7) is 3.13. The first-order valence-corrected chi connectivity index (χ1v) is 10.8. The average molecular weight is 468 g/mol. The lowest BCUT2D eigenvalue weighted by molar-refractivity contribution is 0.0626. The van der Waals surface area contributed by atoms with E-state index in [1.54, 1.807) is 16.6 Å². The molecule has 0 saturated heterocycles. The standard InChI is InChI=1S/C21H24ClF2N5O3/c1-3-18(30)11-8-27(2)20(31)19-12-10-28(5-4-16(12)26-29(19)9-11)21(32)25-17-6-13(22)14(23)7-15(17)24/h6-7,11,18,30H,3-5,8-10H2,1-2H3,(H,25,32)/t11-,18?/m0/s1. The topological polar surface area (TPSA) is 90.7 Å². The number of carbonyl (C=O) groups is 2. The van der Waals surface area contributed by atoms with Gasteiger partial charge in [0.1, 0.15) is 17.3 Å². The Hall–Kier alpha value is -2.72. The molecule has 2 aliphatic heterocycles. The second-order valence-electron chi connectivity index (χ2n) is 8.23. The first-order chi connectivity index (χ1) is 15.2. The Labute approximate surface area is 188 Å². The van der Waals surface area contributed by atoms with Crippen molar-refractivity contribution in [2.45, 2.75) is 39.0 Å². The first-order valence-electron chi connectivity index (χ1n) is 10.4. The normalized spacial score (nSPS) is 19.3. The molecule has 2 aromatic rings. The maximum atomic E-state index is 14.0. The number of aliphatic hydroxyl groups excluding tert-OH is 1. The molecular formula is C21H24ClF2N5O3. The van der Waals surface area contributed by atoms with Gasteiger partial charge in [0.15, 0.2) is 0 Å². The second-order valence-corrected chi connectivity index (χ2v) is 8.63. The lowest BCUT2D eigenvalue weighted by atomic mass is 10.0. The van der Waals surface area contributed by atoms with Crippen LogP contribution in [0, 0.1) is 17.6 Å². The van der Waals surface area contributed by atoms with Crippen LogP contribution in [0.2, 0.25) is 5.02 Å². The highest BCUT2D eigenvalue weighted by Gasteiger charge is 2.36. The largest absolute Gasteiger partial charge is 0.393 e. The van der Waals surface area contributed by atoms with Gasteiger partial charge >= 0.3 is 6.03 Å². The molecule has 3 amide bonds. The monoisotopic (exact) mass is 467 g/mol. The number of hydrogen-bond acceptors (Lipinski definition) is 4. The molecule has 32 heavy (non-hydrogen) atoms. The van der Waals surface area contributed by atoms with Gasteiger partial charge in [-0.2, -0.15) is 5.10 Å². The summed E-state index contributed by atoms with van der Waals surface area (Å²) in [4.78, 5) is 28.8. The Morgan fingerprint density at radius 2 is 2.09 bits per heavy atom. The Balaban J connectivity index is 1.58. The summed E-state index contributed by atoms with van der Waals surface area (Å²) in [5.41, 5.74) is 1.55. The summed E-state index contributed by atoms with van der Waals surface area (Å²) in [6, 6.07) is 1.04. The quantitative estimate of drug-likeness (QED) is 0.679. The number of hydrogen-bond donors (Lipinski definition) is 2. The number of nitrogens with one attached hydrogen (secondary N) is 1. The highest BCUT2D eigenvalue weighted by atomic mass is 35.5. The highest BCUT2D eigenvalue weighted by molar-refractivity contribution is 6.31. The molecule has 0 radical (unpaired) electrons. The molecule has 0 fully saturated rings. The number of anilines is 1. The number of halogens is 3. The molecule has 2 N–H and O–H groups in total. The molecule has 1 aromatic heterocycles. The van der Waals surface area contributed by atoms with Crippen LogP contribution in [0.1, 0.15) is 35.1 Å². The summed E-state index contributed by atoms with van der Waals surface area (Å²) < 4.78 is 29.1. The van der Waals surface area contributed by atoms with E-state index in [9.17, 15) is 23.5 Å². The maximum absolute atomic E-state index is 14.0. The van der Waals surface area contributed by atoms with E-state index >= 15 is 0 Å². The smallest absolute Gasteiger partial charge is 0.322 e. The van der Waals surface area contributed by atoms with Crippen molar-refractivity contribution < 1.29 is 23.5 Å². The van der Waals surface area contributed by atoms with Gasteiger partial charge in [0.25, 0.3) is 5.91 Å². The zero-order chi connectivity index (χ0) is 23.2. The number of aromatic nitrogens is 2. The van der Waals surface area contributed by atoms with E-state index in [4.69, 9.17) is 11.6 Å². The Kier molecular flexibility index (Phi) is 6.09. The molecular weight excluding hydrogens is 444 g/mol. The van der Waals surface area contributed by atoms with Crippen LogP contribution in [0.3, 0.4) is 0 Å². The third-order valence-electron chi connectivity index (χ3n) is 6.07. The molecule has 0 aliphatic carbocycles. The van der Waals surface area contributed by atoms with E-state index in [0.29, 0.717) is 49.8 Å². The van der Waals surface area contributed by atoms with Crippen LogP contribution in [0.4, 0.5) is 19.3 Å². The number of fused-ring (bicyclic) bond motifs is 3. The Morgan fingerprint density at radius 3 is 2.81 bits per heavy atom. The van der Waals surface area contributed by atoms with Gasteiger partial charge in [0.05, 0.1) is 29.1 Å². The zero-order valence-electron chi connectivity index (χ0n) is 17.7. The number of benzene rings is 1. The minimum absolute atomic E-state index is 0.119. The molecule has 11 heteroatoms. The summed E-state index contributed by atoms with van der Waals surface area (Å²) in [7, 11) is 1.68. The van der Waals surface area contributed by atoms with Crippen LogP contribution in [0.15, 0.2) is 12.1 Å². The number of amides is 3. The summed E-state index contributed by atoms with van der Waals surface area (Å²) >= 11 is 5.70. The molecule has 172 valence electrons. The SMILES string of the molecule is CCC(O)[C@H]1CN(C)C(=O)c2c3c(nn2C1)CCN(C(=O)Nc1cc(Cl)c(F)cc1F)C3. The van der Waals surface area contributed by atoms with Gasteiger partial charge < -0.3 is 20.2 Å². The van der Waals surface area contributed by atoms with Gasteiger partial charge in [-0.05, 0) is 12.5 Å². The van der Waals surface area contributed by atoms with Crippen LogP contribution in [-0.4, -0.2) is 62.9 Å². The Morgan fingerprint density at radius 1 is 1.34 bits per heavy atom. The van der Waals surface area contributed by atoms with E-state index in [1.165, 1.54) is 4.90 Å². The molecule has 0 spiro atoms. The maximum Gasteiger partial charge on any atom is 0.322 e. The fourth-order valence-corrected chi connectivity index (χ4v) is 4.42. The highest BCUT2D eigenvalue weighted by Crippen LogP contribution is 2.29. The summed E-state index contributed by atoms with van der Waals surface area (Å²) in [5.74, 6) is -2.22. The van der Waals surface area contributed by atoms with E-state index in [0.717, 1.165) is 11.8 Å². The minimum Gasteiger partial charge on any atom is -0.393 e. The van der Waals surface area contributed by atoms with Crippen molar-refractivity contribution in [2.24, 2.45) is 5.92 Å². The van der Waals surface area contributed by atoms with Gasteiger partial charge in [-0.3, -0.25) is 9.48 Å². The zero-order valence-corrected chi connectivity index (χ0v) is 18.5. The van der Waals surface area contributed by atoms with Crippen molar-refractivity contribution in [3.05, 3.63) is 45.7 Å². The van der Waals surface area contributed by atoms with Crippen molar-refractivity contribution in [3.8, 4) is 0 Å². The third-order valence-corrected chi connectivity index (χ3v) is 6.36. The van der Waals surface area contributed by atoms with Crippen LogP contribution < -0.4 is 5.32 Å². The molecule has 0 bridgehead atoms. The fourth-order valence-electron chi connectivity index (χ4n) is 4.26. The van der Waals surface area contributed by atoms with Gasteiger partial charge in [-0.1, -0.05) is 18.5 Å². The average Bonchev–Trinajstić information content (AvgIpc) is 3.06. The number of rotatable bonds is 3. The fraction of sp³-hybridized carbons (Fsp3) is 0.476. The van der Waals surface area contributed by atoms with Crippen molar-refractivity contribution in [1.82, 2.24) is 19.6 Å². The molecule has 2 aliphatic rings. The predicted molar refractivity (Wildman–Crippen MR) is 113 cm³/mol. The molecule has 8 nitrogen and oxygen atoms in total. The van der Waals surface area contributed by atoms with Gasteiger partial charge in [0, 0.05) is 50.7 Å². The van der Waals surface area contributed by atoms with Crippen molar-refractivity contribution >= 4 is 29.2 Å². The molecule has 1 unspecified atom stereocenters. The van der Waals surface area contributed by atoms with Crippen LogP contribution >= 0.6 is 11.6 Å². The van der Waals surface area contributed by atoms with E-state index in [2.05, 4.69) is 10.4 Å².